The molecule has 136 heavy (non-hydrogen) atoms. The average molecular weight is 1800 g/mol. The van der Waals surface area contributed by atoms with E-state index in [9.17, 15) is 9.59 Å². The van der Waals surface area contributed by atoms with Crippen LogP contribution in [0.4, 0.5) is 11.4 Å². The van der Waals surface area contributed by atoms with Gasteiger partial charge in [-0.3, -0.25) is 14.4 Å². The standard InChI is InChI=1S/C126H143N7O3/c1-24-103-91(16)115-111(97-63-67-99(68-64-97)121(134)127-101-71-59-95(60-72-101)57-53-85(10)47-33-43-81(6)39-29-31-41-83(8)45-35-49-87(12)55-75-107-89(14)51-37-77-124(107,20)21)117-93(18)105(26-3)119(131-117)113-106-80-126(114(106)123(136)133(27-4)28-5)94(19)118(132-120(113)126)112(116-92(17)104(25-2)110(130-116)79-109(103)129-115)98-65-69-100(70-66-98)122(135)128-102-73-61-96(62-74-102)58-54-86(11)48-34-44-82(7)40-30-32-42-84(9)46-36-50-88(13)56-76-108-90(15)52-38-78-125(108,22)23/h29-36,39-50,53-76,79,129-132H,19,24-28,37-38,51-52,77-78,80H2,1-18,20-23H3,(H,127,134)(H,128,135)/t126-/m0/s1. The Hall–Kier alpha value is -13.6. The summed E-state index contributed by atoms with van der Waals surface area (Å²) in [5, 5.41) is 12.4. The lowest BCUT2D eigenvalue weighted by Crippen LogP contribution is -2.42. The summed E-state index contributed by atoms with van der Waals surface area (Å²) >= 11 is 0. The van der Waals surface area contributed by atoms with Gasteiger partial charge in [-0.2, -0.15) is 0 Å². The summed E-state index contributed by atoms with van der Waals surface area (Å²) in [4.78, 5) is 58.4. The molecule has 4 aromatic carbocycles. The van der Waals surface area contributed by atoms with Crippen molar-refractivity contribution in [2.24, 2.45) is 16.2 Å². The Morgan fingerprint density at radius 1 is 0.426 bits per heavy atom. The van der Waals surface area contributed by atoms with Gasteiger partial charge in [-0.1, -0.05) is 329 Å². The van der Waals surface area contributed by atoms with Crippen LogP contribution in [-0.4, -0.2) is 50.7 Å². The molecule has 1 fully saturated rings. The number of aromatic nitrogens is 3. The minimum absolute atomic E-state index is 0.0162. The summed E-state index contributed by atoms with van der Waals surface area (Å²) in [5.41, 5.74) is 39.3. The van der Waals surface area contributed by atoms with Crippen LogP contribution >= 0.6 is 0 Å². The molecule has 10 nitrogen and oxygen atoms in total. The van der Waals surface area contributed by atoms with Crippen molar-refractivity contribution in [3.63, 3.8) is 0 Å². The first kappa shape index (κ1) is 99.9. The predicted octanol–water partition coefficient (Wildman–Crippen LogP) is 30.2. The van der Waals surface area contributed by atoms with E-state index in [0.717, 1.165) is 158 Å². The monoisotopic (exact) mass is 1800 g/mol. The first-order valence-electron chi connectivity index (χ1n) is 49.2. The molecular weight excluding hydrogens is 1660 g/mol. The Balaban J connectivity index is 0.713. The summed E-state index contributed by atoms with van der Waals surface area (Å²) < 4.78 is 0. The normalized spacial score (nSPS) is 18.3. The van der Waals surface area contributed by atoms with Gasteiger partial charge in [0.2, 0.25) is 0 Å². The number of amides is 3. The van der Waals surface area contributed by atoms with Crippen molar-refractivity contribution in [3.05, 3.63) is 457 Å². The van der Waals surface area contributed by atoms with Crippen molar-refractivity contribution >= 4 is 64.0 Å². The smallest absolute Gasteiger partial charge is 0.255 e. The maximum atomic E-state index is 15.5. The van der Waals surface area contributed by atoms with E-state index in [-0.39, 0.29) is 28.6 Å². The Morgan fingerprint density at radius 3 is 1.23 bits per heavy atom. The van der Waals surface area contributed by atoms with Crippen molar-refractivity contribution in [1.82, 2.24) is 25.2 Å². The maximum Gasteiger partial charge on any atom is 0.255 e. The van der Waals surface area contributed by atoms with Crippen LogP contribution in [0, 0.1) is 37.0 Å². The highest BCUT2D eigenvalue weighted by Gasteiger charge is 2.65. The summed E-state index contributed by atoms with van der Waals surface area (Å²) in [6.45, 7) is 54.6. The molecule has 5 heterocycles. The van der Waals surface area contributed by atoms with Gasteiger partial charge in [0.05, 0.1) is 33.5 Å². The van der Waals surface area contributed by atoms with Crippen LogP contribution in [0.5, 0.6) is 0 Å². The lowest BCUT2D eigenvalue weighted by Gasteiger charge is -2.39. The highest BCUT2D eigenvalue weighted by Crippen LogP contribution is 2.71. The highest BCUT2D eigenvalue weighted by atomic mass is 16.2. The fourth-order valence-electron chi connectivity index (χ4n) is 20.3. The number of H-pyrrole nitrogens is 3. The number of fused-ring (bicyclic) bond motifs is 7. The number of allylic oxidation sites excluding steroid dienone is 42. The van der Waals surface area contributed by atoms with E-state index in [1.165, 1.54) is 94.2 Å². The van der Waals surface area contributed by atoms with Crippen LogP contribution in [0.25, 0.3) is 34.9 Å². The van der Waals surface area contributed by atoms with Gasteiger partial charge in [0.15, 0.2) is 0 Å². The topological polar surface area (TPSA) is 138 Å². The van der Waals surface area contributed by atoms with E-state index >= 15 is 4.79 Å². The molecule has 7 aliphatic rings. The molecule has 1 saturated heterocycles. The minimum Gasteiger partial charge on any atom is -0.356 e. The molecule has 3 amide bonds. The molecule has 7 aromatic rings. The summed E-state index contributed by atoms with van der Waals surface area (Å²) in [5.74, 6) is -0.420. The van der Waals surface area contributed by atoms with Crippen LogP contribution in [-0.2, 0) is 24.1 Å². The number of carbonyl (C=O) groups is 3. The number of anilines is 2. The Bertz CT molecular complexity index is 6740. The third-order valence-corrected chi connectivity index (χ3v) is 28.2. The zero-order chi connectivity index (χ0) is 97.5. The molecule has 1 spiro atoms. The minimum atomic E-state index is -0.831. The maximum absolute atomic E-state index is 15.5. The molecule has 5 aliphatic carbocycles. The first-order chi connectivity index (χ1) is 65.2. The van der Waals surface area contributed by atoms with Crippen molar-refractivity contribution in [3.8, 4) is 0 Å². The molecule has 0 saturated carbocycles. The van der Waals surface area contributed by atoms with Crippen molar-refractivity contribution in [2.75, 3.05) is 23.7 Å². The molecule has 14 rings (SSSR count). The molecule has 10 bridgehead atoms. The van der Waals surface area contributed by atoms with Crippen molar-refractivity contribution in [2.45, 2.75) is 217 Å². The van der Waals surface area contributed by atoms with Crippen molar-refractivity contribution < 1.29 is 14.4 Å². The number of aromatic amines is 3. The van der Waals surface area contributed by atoms with Gasteiger partial charge in [-0.15, -0.1) is 0 Å². The zero-order valence-corrected chi connectivity index (χ0v) is 84.8. The largest absolute Gasteiger partial charge is 0.356 e. The summed E-state index contributed by atoms with van der Waals surface area (Å²) in [6.07, 6.45) is 72.4. The number of benzene rings is 4. The zero-order valence-electron chi connectivity index (χ0n) is 84.8. The number of rotatable bonds is 32. The van der Waals surface area contributed by atoms with Gasteiger partial charge < -0.3 is 35.8 Å². The molecule has 3 aromatic heterocycles. The van der Waals surface area contributed by atoms with E-state index in [4.69, 9.17) is 6.58 Å². The molecule has 6 N–H and O–H groups in total. The third-order valence-electron chi connectivity index (χ3n) is 28.2. The van der Waals surface area contributed by atoms with E-state index in [2.05, 4.69) is 372 Å². The Labute approximate surface area is 811 Å². The van der Waals surface area contributed by atoms with Crippen LogP contribution in [0.15, 0.2) is 357 Å². The number of nitrogens with zero attached hydrogens (tertiary/aromatic N) is 1. The third kappa shape index (κ3) is 22.6. The number of likely N-dealkylation sites (N-methyl/N-ethyl adjacent to an activating group) is 1. The van der Waals surface area contributed by atoms with Gasteiger partial charge in [0.25, 0.3) is 17.7 Å². The van der Waals surface area contributed by atoms with Crippen molar-refractivity contribution in [1.29, 1.82) is 0 Å². The number of hydrogen-bond donors (Lipinski definition) is 6. The number of nitrogens with one attached hydrogen (secondary N) is 6. The molecule has 0 unspecified atom stereocenters. The van der Waals surface area contributed by atoms with E-state index in [1.807, 2.05) is 89.8 Å². The quantitative estimate of drug-likeness (QED) is 0.0234. The number of hydrogen-bond acceptors (Lipinski definition) is 4. The van der Waals surface area contributed by atoms with Gasteiger partial charge >= 0.3 is 0 Å². The predicted molar refractivity (Wildman–Crippen MR) is 580 cm³/mol. The second kappa shape index (κ2) is 44.3. The second-order valence-electron chi connectivity index (χ2n) is 39.1. The molecule has 700 valence electrons. The van der Waals surface area contributed by atoms with Gasteiger partial charge in [-0.25, -0.2) is 0 Å². The van der Waals surface area contributed by atoms with Crippen LogP contribution in [0.3, 0.4) is 0 Å². The van der Waals surface area contributed by atoms with Crippen LogP contribution < -0.4 is 26.6 Å². The molecular formula is C126H143N7O3. The molecule has 10 heteroatoms. The summed E-state index contributed by atoms with van der Waals surface area (Å²) in [6, 6.07) is 31.7. The average Bonchev–Trinajstić information content (AvgIpc) is 1.48. The SMILES string of the molecule is C=C1C2=C(c3ccc(C(=O)Nc4ccc(C=CC(C)=CC=CC(C)=CC=CC=C(C)C=CC=C(C)C=CC5=C(C)CCCC5(C)C)cc4)cc3)c3[nH]c(c(CC)c3C)C=c3[nH]c(c(C)c3CC)=C(c3ccc(C(=O)Nc4ccc(C=CC(C)=CC=CC(C)=CC=CC=C(C)C=CC=C(C)C=CC5=C(C)CCCC5(C)C)cc4)cc3)c3[nH]c(c(CC)c3C)C3=C(N2)[C@@]12CC3=C2C(=O)N(CC)CC. The highest BCUT2D eigenvalue weighted by molar-refractivity contribution is 6.12. The number of carbonyl (C=O) groups excluding carboxylic acids is 3. The Kier molecular flexibility index (Phi) is 32.5. The lowest BCUT2D eigenvalue weighted by atomic mass is 9.63. The summed E-state index contributed by atoms with van der Waals surface area (Å²) in [7, 11) is 0. The van der Waals surface area contributed by atoms with E-state index in [1.54, 1.807) is 0 Å². The van der Waals surface area contributed by atoms with Gasteiger partial charge in [0, 0.05) is 74.6 Å². The Morgan fingerprint density at radius 2 is 0.816 bits per heavy atom. The lowest BCUT2D eigenvalue weighted by molar-refractivity contribution is -0.128. The van der Waals surface area contributed by atoms with Crippen LogP contribution in [0.1, 0.15) is 276 Å². The molecule has 0 radical (unpaired) electrons. The fraction of sp³-hybridized carbons (Fsp3) is 0.294. The second-order valence-corrected chi connectivity index (χ2v) is 39.1. The fourth-order valence-corrected chi connectivity index (χ4v) is 20.3. The van der Waals surface area contributed by atoms with Gasteiger partial charge in [0.1, 0.15) is 0 Å². The van der Waals surface area contributed by atoms with E-state index < -0.39 is 5.41 Å². The van der Waals surface area contributed by atoms with Crippen LogP contribution in [0.2, 0.25) is 0 Å². The first-order valence-corrected chi connectivity index (χ1v) is 49.2. The molecule has 1 atom stereocenters. The molecule has 2 aliphatic heterocycles. The van der Waals surface area contributed by atoms with Gasteiger partial charge in [-0.05, 0) is 311 Å². The van der Waals surface area contributed by atoms with E-state index in [0.29, 0.717) is 48.4 Å².